The number of hydrogen-bond donors (Lipinski definition) is 1. The molecule has 0 aliphatic carbocycles. The van der Waals surface area contributed by atoms with E-state index in [1.54, 1.807) is 13.2 Å². The standard InChI is InChI=1S/C15H13Cl2NO/c1-19-15-8-12(16)11(7-13(15)17)9-2-3-14-10(6-9)4-5-18-14/h2-3,6-8,18H,4-5H2,1H3. The van der Waals surface area contributed by atoms with Crippen LogP contribution in [0.5, 0.6) is 5.75 Å². The lowest BCUT2D eigenvalue weighted by Gasteiger charge is -2.10. The third-order valence-electron chi connectivity index (χ3n) is 3.37. The molecule has 0 bridgehead atoms. The van der Waals surface area contributed by atoms with Crippen LogP contribution in [0.15, 0.2) is 30.3 Å². The van der Waals surface area contributed by atoms with Gasteiger partial charge in [0.15, 0.2) is 0 Å². The van der Waals surface area contributed by atoms with Gasteiger partial charge in [-0.15, -0.1) is 0 Å². The molecule has 0 atom stereocenters. The van der Waals surface area contributed by atoms with Crippen molar-refractivity contribution in [3.8, 4) is 16.9 Å². The van der Waals surface area contributed by atoms with E-state index in [2.05, 4.69) is 23.5 Å². The monoisotopic (exact) mass is 293 g/mol. The van der Waals surface area contributed by atoms with E-state index in [9.17, 15) is 0 Å². The van der Waals surface area contributed by atoms with Crippen LogP contribution in [0, 0.1) is 0 Å². The normalized spacial score (nSPS) is 13.0. The Hall–Kier alpha value is -1.38. The minimum absolute atomic E-state index is 0.570. The van der Waals surface area contributed by atoms with Gasteiger partial charge in [0.25, 0.3) is 0 Å². The summed E-state index contributed by atoms with van der Waals surface area (Å²) in [5.74, 6) is 0.596. The van der Waals surface area contributed by atoms with E-state index in [-0.39, 0.29) is 0 Å². The van der Waals surface area contributed by atoms with Crippen molar-refractivity contribution in [2.24, 2.45) is 0 Å². The van der Waals surface area contributed by atoms with Gasteiger partial charge in [0.05, 0.1) is 17.2 Å². The zero-order valence-electron chi connectivity index (χ0n) is 10.5. The van der Waals surface area contributed by atoms with Gasteiger partial charge < -0.3 is 10.1 Å². The number of rotatable bonds is 2. The molecule has 19 heavy (non-hydrogen) atoms. The summed E-state index contributed by atoms with van der Waals surface area (Å²) in [5, 5.41) is 4.56. The molecule has 0 fully saturated rings. The second kappa shape index (κ2) is 4.95. The Morgan fingerprint density at radius 1 is 1.11 bits per heavy atom. The smallest absolute Gasteiger partial charge is 0.138 e. The summed E-state index contributed by atoms with van der Waals surface area (Å²) >= 11 is 12.5. The lowest BCUT2D eigenvalue weighted by molar-refractivity contribution is 0.415. The first-order valence-corrected chi connectivity index (χ1v) is 6.85. The van der Waals surface area contributed by atoms with Gasteiger partial charge in [-0.2, -0.15) is 0 Å². The number of nitrogens with one attached hydrogen (secondary N) is 1. The van der Waals surface area contributed by atoms with Crippen LogP contribution in [-0.2, 0) is 6.42 Å². The summed E-state index contributed by atoms with van der Waals surface area (Å²) in [6.45, 7) is 0.996. The van der Waals surface area contributed by atoms with E-state index in [4.69, 9.17) is 27.9 Å². The molecule has 2 aromatic rings. The molecule has 1 heterocycles. The van der Waals surface area contributed by atoms with Crippen LogP contribution in [0.2, 0.25) is 10.0 Å². The highest BCUT2D eigenvalue weighted by Crippen LogP contribution is 2.38. The Balaban J connectivity index is 2.09. The first-order valence-electron chi connectivity index (χ1n) is 6.09. The molecular formula is C15H13Cl2NO. The Morgan fingerprint density at radius 2 is 1.95 bits per heavy atom. The molecule has 0 radical (unpaired) electrons. The van der Waals surface area contributed by atoms with Crippen molar-refractivity contribution in [1.29, 1.82) is 0 Å². The molecule has 1 aliphatic rings. The summed E-state index contributed by atoms with van der Waals surface area (Å²) in [7, 11) is 1.58. The average Bonchev–Trinajstić information content (AvgIpc) is 2.88. The Bertz CT molecular complexity index is 640. The lowest BCUT2D eigenvalue weighted by atomic mass is 10.0. The molecule has 2 nitrogen and oxygen atoms in total. The molecule has 4 heteroatoms. The molecule has 3 rings (SSSR count). The zero-order chi connectivity index (χ0) is 13.4. The Labute approximate surface area is 122 Å². The van der Waals surface area contributed by atoms with Gasteiger partial charge in [0, 0.05) is 23.9 Å². The van der Waals surface area contributed by atoms with E-state index in [0.717, 1.165) is 24.1 Å². The first-order chi connectivity index (χ1) is 9.19. The van der Waals surface area contributed by atoms with Crippen molar-refractivity contribution in [3.05, 3.63) is 45.9 Å². The largest absolute Gasteiger partial charge is 0.495 e. The lowest BCUT2D eigenvalue weighted by Crippen LogP contribution is -1.90. The first kappa shape index (κ1) is 12.6. The summed E-state index contributed by atoms with van der Waals surface area (Å²) in [6, 6.07) is 9.92. The van der Waals surface area contributed by atoms with Crippen molar-refractivity contribution in [1.82, 2.24) is 0 Å². The summed E-state index contributed by atoms with van der Waals surface area (Å²) in [4.78, 5) is 0. The highest BCUT2D eigenvalue weighted by molar-refractivity contribution is 6.36. The SMILES string of the molecule is COc1cc(Cl)c(-c2ccc3c(c2)CCN3)cc1Cl. The molecule has 0 spiro atoms. The average molecular weight is 294 g/mol. The number of methoxy groups -OCH3 is 1. The van der Waals surface area contributed by atoms with E-state index in [0.29, 0.717) is 15.8 Å². The van der Waals surface area contributed by atoms with E-state index in [1.165, 1.54) is 11.3 Å². The quantitative estimate of drug-likeness (QED) is 0.871. The molecule has 0 amide bonds. The zero-order valence-corrected chi connectivity index (χ0v) is 12.0. The van der Waals surface area contributed by atoms with E-state index < -0.39 is 0 Å². The second-order valence-corrected chi connectivity index (χ2v) is 5.33. The summed E-state index contributed by atoms with van der Waals surface area (Å²) in [6.07, 6.45) is 1.05. The number of benzene rings is 2. The maximum atomic E-state index is 6.31. The third kappa shape index (κ3) is 2.26. The molecule has 0 saturated heterocycles. The fraction of sp³-hybridized carbons (Fsp3) is 0.200. The highest BCUT2D eigenvalue weighted by atomic mass is 35.5. The van der Waals surface area contributed by atoms with Gasteiger partial charge in [-0.05, 0) is 35.7 Å². The number of ether oxygens (including phenoxy) is 1. The number of hydrogen-bond acceptors (Lipinski definition) is 2. The predicted octanol–water partition coefficient (Wildman–Crippen LogP) is 4.64. The number of anilines is 1. The minimum Gasteiger partial charge on any atom is -0.495 e. The fourth-order valence-electron chi connectivity index (χ4n) is 2.38. The fourth-order valence-corrected chi connectivity index (χ4v) is 2.88. The van der Waals surface area contributed by atoms with Crippen molar-refractivity contribution < 1.29 is 4.74 Å². The van der Waals surface area contributed by atoms with Gasteiger partial charge in [-0.1, -0.05) is 29.3 Å². The molecular weight excluding hydrogens is 281 g/mol. The van der Waals surface area contributed by atoms with Gasteiger partial charge in [0.2, 0.25) is 0 Å². The van der Waals surface area contributed by atoms with Crippen LogP contribution in [0.4, 0.5) is 5.69 Å². The molecule has 0 aromatic heterocycles. The van der Waals surface area contributed by atoms with Gasteiger partial charge in [-0.3, -0.25) is 0 Å². The molecule has 98 valence electrons. The predicted molar refractivity (Wildman–Crippen MR) is 80.6 cm³/mol. The van der Waals surface area contributed by atoms with Crippen LogP contribution in [0.25, 0.3) is 11.1 Å². The molecule has 1 aliphatic heterocycles. The van der Waals surface area contributed by atoms with Crippen LogP contribution in [-0.4, -0.2) is 13.7 Å². The van der Waals surface area contributed by atoms with Crippen LogP contribution < -0.4 is 10.1 Å². The molecule has 0 unspecified atom stereocenters. The van der Waals surface area contributed by atoms with E-state index >= 15 is 0 Å². The summed E-state index contributed by atoms with van der Waals surface area (Å²) < 4.78 is 5.16. The second-order valence-electron chi connectivity index (χ2n) is 4.52. The van der Waals surface area contributed by atoms with Gasteiger partial charge in [0.1, 0.15) is 5.75 Å². The minimum atomic E-state index is 0.570. The van der Waals surface area contributed by atoms with E-state index in [1.807, 2.05) is 6.07 Å². The highest BCUT2D eigenvalue weighted by Gasteiger charge is 2.14. The van der Waals surface area contributed by atoms with Gasteiger partial charge >= 0.3 is 0 Å². The van der Waals surface area contributed by atoms with Crippen LogP contribution in [0.3, 0.4) is 0 Å². The molecule has 2 aromatic carbocycles. The topological polar surface area (TPSA) is 21.3 Å². The van der Waals surface area contributed by atoms with Crippen molar-refractivity contribution >= 4 is 28.9 Å². The Morgan fingerprint density at radius 3 is 2.74 bits per heavy atom. The third-order valence-corrected chi connectivity index (χ3v) is 3.98. The molecule has 1 N–H and O–H groups in total. The van der Waals surface area contributed by atoms with Crippen molar-refractivity contribution in [3.63, 3.8) is 0 Å². The maximum absolute atomic E-state index is 6.31. The van der Waals surface area contributed by atoms with Crippen LogP contribution >= 0.6 is 23.2 Å². The maximum Gasteiger partial charge on any atom is 0.138 e. The van der Waals surface area contributed by atoms with Gasteiger partial charge in [-0.25, -0.2) is 0 Å². The molecule has 0 saturated carbocycles. The number of halogens is 2. The van der Waals surface area contributed by atoms with Crippen molar-refractivity contribution in [2.45, 2.75) is 6.42 Å². The summed E-state index contributed by atoms with van der Waals surface area (Å²) in [5.41, 5.74) is 4.54. The number of fused-ring (bicyclic) bond motifs is 1. The van der Waals surface area contributed by atoms with Crippen LogP contribution in [0.1, 0.15) is 5.56 Å². The Kier molecular flexibility index (Phi) is 3.29. The van der Waals surface area contributed by atoms with Crippen molar-refractivity contribution in [2.75, 3.05) is 19.0 Å².